The van der Waals surface area contributed by atoms with E-state index in [4.69, 9.17) is 4.74 Å². The smallest absolute Gasteiger partial charge is 0.234 e. The minimum Gasteiger partial charge on any atom is -0.494 e. The number of nitrogens with zero attached hydrogens (tertiary/aromatic N) is 6. The molecule has 11 heteroatoms. The van der Waals surface area contributed by atoms with Crippen molar-refractivity contribution in [1.82, 2.24) is 24.6 Å². The third-order valence-corrected chi connectivity index (χ3v) is 6.08. The lowest BCUT2D eigenvalue weighted by atomic mass is 10.3. The topological polar surface area (TPSA) is 97.5 Å². The summed E-state index contributed by atoms with van der Waals surface area (Å²) in [4.78, 5) is 23.1. The first-order chi connectivity index (χ1) is 14.0. The molecule has 9 nitrogen and oxygen atoms in total. The number of anilines is 2. The molecule has 0 radical (unpaired) electrons. The van der Waals surface area contributed by atoms with E-state index in [0.29, 0.717) is 23.1 Å². The fourth-order valence-electron chi connectivity index (χ4n) is 2.60. The molecule has 0 aliphatic heterocycles. The van der Waals surface area contributed by atoms with Crippen molar-refractivity contribution in [2.45, 2.75) is 12.1 Å². The molecule has 0 saturated carbocycles. The van der Waals surface area contributed by atoms with E-state index in [-0.39, 0.29) is 11.7 Å². The Morgan fingerprint density at radius 3 is 2.79 bits per heavy atom. The first-order valence-corrected chi connectivity index (χ1v) is 10.7. The van der Waals surface area contributed by atoms with E-state index < -0.39 is 0 Å². The van der Waals surface area contributed by atoms with Crippen LogP contribution in [0.2, 0.25) is 0 Å². The van der Waals surface area contributed by atoms with Gasteiger partial charge in [-0.15, -0.1) is 10.2 Å². The molecule has 0 saturated heterocycles. The van der Waals surface area contributed by atoms with Crippen molar-refractivity contribution in [3.05, 3.63) is 30.6 Å². The number of thioether (sulfide) groups is 1. The molecule has 0 aliphatic rings. The molecule has 3 heterocycles. The Balaban J connectivity index is 1.45. The maximum absolute atomic E-state index is 12.3. The largest absolute Gasteiger partial charge is 0.494 e. The molecule has 0 fully saturated rings. The first-order valence-electron chi connectivity index (χ1n) is 8.88. The molecule has 0 aliphatic carbocycles. The number of ether oxygens (including phenoxy) is 1. The molecule has 0 atom stereocenters. The average molecular weight is 430 g/mol. The van der Waals surface area contributed by atoms with E-state index in [0.717, 1.165) is 21.3 Å². The van der Waals surface area contributed by atoms with E-state index in [1.165, 1.54) is 23.1 Å². The molecule has 29 heavy (non-hydrogen) atoms. The molecular formula is C18H19N7O2S2. The van der Waals surface area contributed by atoms with Gasteiger partial charge >= 0.3 is 0 Å². The summed E-state index contributed by atoms with van der Waals surface area (Å²) < 4.78 is 8.06. The SMILES string of the molecule is CCOc1ccc(NC(=O)CSc2nnc3c4sc(N(C)C)nc4ncn23)cc1. The molecule has 0 spiro atoms. The zero-order valence-corrected chi connectivity index (χ0v) is 17.8. The first kappa shape index (κ1) is 19.4. The number of carbonyl (C=O) groups is 1. The van der Waals surface area contributed by atoms with Crippen LogP contribution < -0.4 is 15.0 Å². The fraction of sp³-hybridized carbons (Fsp3) is 0.278. The molecule has 4 rings (SSSR count). The standard InChI is InChI=1S/C18H19N7O2S2/c1-4-27-12-7-5-11(6-8-12)20-13(26)9-28-18-23-22-16-14-15(19-10-25(16)18)21-17(29-14)24(2)3/h5-8,10H,4,9H2,1-3H3,(H,20,26). The van der Waals surface area contributed by atoms with Gasteiger partial charge in [0.05, 0.1) is 12.4 Å². The van der Waals surface area contributed by atoms with Gasteiger partial charge in [-0.25, -0.2) is 4.98 Å². The van der Waals surface area contributed by atoms with Crippen molar-refractivity contribution in [1.29, 1.82) is 0 Å². The minimum atomic E-state index is -0.127. The Kier molecular flexibility index (Phi) is 5.49. The second kappa shape index (κ2) is 8.21. The monoisotopic (exact) mass is 429 g/mol. The van der Waals surface area contributed by atoms with Crippen molar-refractivity contribution in [2.24, 2.45) is 0 Å². The van der Waals surface area contributed by atoms with Gasteiger partial charge < -0.3 is 15.0 Å². The zero-order chi connectivity index (χ0) is 20.4. The molecular weight excluding hydrogens is 410 g/mol. The number of aromatic nitrogens is 5. The molecule has 1 N–H and O–H groups in total. The summed E-state index contributed by atoms with van der Waals surface area (Å²) in [5, 5.41) is 12.8. The number of thiazole rings is 1. The second-order valence-corrected chi connectivity index (χ2v) is 8.18. The van der Waals surface area contributed by atoms with Gasteiger partial charge in [0.1, 0.15) is 16.8 Å². The number of benzene rings is 1. The Morgan fingerprint density at radius 1 is 1.28 bits per heavy atom. The Morgan fingerprint density at radius 2 is 2.07 bits per heavy atom. The lowest BCUT2D eigenvalue weighted by Gasteiger charge is -2.06. The normalized spacial score (nSPS) is 11.1. The number of fused-ring (bicyclic) bond motifs is 3. The van der Waals surface area contributed by atoms with Crippen LogP contribution in [-0.2, 0) is 4.79 Å². The van der Waals surface area contributed by atoms with Crippen molar-refractivity contribution in [2.75, 3.05) is 36.7 Å². The highest BCUT2D eigenvalue weighted by atomic mass is 32.2. The second-order valence-electron chi connectivity index (χ2n) is 6.26. The quantitative estimate of drug-likeness (QED) is 0.448. The molecule has 1 aromatic carbocycles. The van der Waals surface area contributed by atoms with Crippen molar-refractivity contribution >= 4 is 55.8 Å². The highest BCUT2D eigenvalue weighted by Crippen LogP contribution is 2.30. The van der Waals surface area contributed by atoms with Gasteiger partial charge in [-0.3, -0.25) is 9.20 Å². The van der Waals surface area contributed by atoms with Crippen LogP contribution in [-0.4, -0.2) is 56.9 Å². The van der Waals surface area contributed by atoms with E-state index in [9.17, 15) is 4.79 Å². The molecule has 0 unspecified atom stereocenters. The number of rotatable bonds is 7. The summed E-state index contributed by atoms with van der Waals surface area (Å²) in [6, 6.07) is 7.28. The summed E-state index contributed by atoms with van der Waals surface area (Å²) in [5.41, 5.74) is 2.05. The number of amides is 1. The van der Waals surface area contributed by atoms with Gasteiger partial charge in [-0.2, -0.15) is 4.98 Å². The zero-order valence-electron chi connectivity index (χ0n) is 16.1. The maximum atomic E-state index is 12.3. The predicted octanol–water partition coefficient (Wildman–Crippen LogP) is 2.93. The van der Waals surface area contributed by atoms with Crippen LogP contribution in [0.5, 0.6) is 5.75 Å². The minimum absolute atomic E-state index is 0.127. The van der Waals surface area contributed by atoms with Crippen LogP contribution in [0.1, 0.15) is 6.92 Å². The number of carbonyl (C=O) groups excluding carboxylic acids is 1. The van der Waals surface area contributed by atoms with E-state index in [1.54, 1.807) is 10.7 Å². The summed E-state index contributed by atoms with van der Waals surface area (Å²) in [6.45, 7) is 2.53. The van der Waals surface area contributed by atoms with Crippen LogP contribution in [0.25, 0.3) is 16.0 Å². The summed E-state index contributed by atoms with van der Waals surface area (Å²) >= 11 is 2.81. The molecule has 150 valence electrons. The average Bonchev–Trinajstić information content (AvgIpc) is 3.32. The third-order valence-electron chi connectivity index (χ3n) is 3.93. The molecule has 0 bridgehead atoms. The number of hydrogen-bond donors (Lipinski definition) is 1. The molecule has 3 aromatic heterocycles. The number of hydrogen-bond acceptors (Lipinski definition) is 9. The maximum Gasteiger partial charge on any atom is 0.234 e. The Labute approximate surface area is 175 Å². The van der Waals surface area contributed by atoms with Crippen LogP contribution in [0.15, 0.2) is 35.7 Å². The van der Waals surface area contributed by atoms with Crippen LogP contribution >= 0.6 is 23.1 Å². The van der Waals surface area contributed by atoms with E-state index in [2.05, 4.69) is 25.5 Å². The summed E-state index contributed by atoms with van der Waals surface area (Å²) in [5.74, 6) is 0.851. The highest BCUT2D eigenvalue weighted by molar-refractivity contribution is 7.99. The molecule has 4 aromatic rings. The molecule has 1 amide bonds. The Hall–Kier alpha value is -2.92. The lowest BCUT2D eigenvalue weighted by molar-refractivity contribution is -0.113. The van der Waals surface area contributed by atoms with E-state index in [1.807, 2.05) is 50.2 Å². The Bertz CT molecular complexity index is 1150. The van der Waals surface area contributed by atoms with Gasteiger partial charge in [-0.1, -0.05) is 23.1 Å². The predicted molar refractivity (Wildman–Crippen MR) is 115 cm³/mol. The van der Waals surface area contributed by atoms with Crippen molar-refractivity contribution < 1.29 is 9.53 Å². The summed E-state index contributed by atoms with van der Waals surface area (Å²) in [6.07, 6.45) is 1.64. The van der Waals surface area contributed by atoms with Gasteiger partial charge in [0.15, 0.2) is 21.6 Å². The van der Waals surface area contributed by atoms with Crippen LogP contribution in [0.4, 0.5) is 10.8 Å². The van der Waals surface area contributed by atoms with Gasteiger partial charge in [0.25, 0.3) is 0 Å². The van der Waals surface area contributed by atoms with Crippen molar-refractivity contribution in [3.8, 4) is 5.75 Å². The van der Waals surface area contributed by atoms with Crippen molar-refractivity contribution in [3.63, 3.8) is 0 Å². The van der Waals surface area contributed by atoms with Crippen LogP contribution in [0.3, 0.4) is 0 Å². The lowest BCUT2D eigenvalue weighted by Crippen LogP contribution is -2.14. The number of nitrogens with one attached hydrogen (secondary N) is 1. The van der Waals surface area contributed by atoms with Crippen LogP contribution in [0, 0.1) is 0 Å². The van der Waals surface area contributed by atoms with E-state index >= 15 is 0 Å². The van der Waals surface area contributed by atoms with Gasteiger partial charge in [0, 0.05) is 19.8 Å². The van der Waals surface area contributed by atoms with Gasteiger partial charge in [0.2, 0.25) is 5.91 Å². The third kappa shape index (κ3) is 4.10. The summed E-state index contributed by atoms with van der Waals surface area (Å²) in [7, 11) is 3.87. The highest BCUT2D eigenvalue weighted by Gasteiger charge is 2.16. The van der Waals surface area contributed by atoms with Gasteiger partial charge in [-0.05, 0) is 31.2 Å². The fourth-order valence-corrected chi connectivity index (χ4v) is 4.22.